The number of thioether (sulfide) groups is 1. The van der Waals surface area contributed by atoms with Gasteiger partial charge in [0.25, 0.3) is 0 Å². The van der Waals surface area contributed by atoms with Gasteiger partial charge in [-0.2, -0.15) is 11.8 Å². The zero-order valence-electron chi connectivity index (χ0n) is 52.3. The predicted molar refractivity (Wildman–Crippen MR) is 339 cm³/mol. The van der Waals surface area contributed by atoms with Crippen LogP contribution in [0.5, 0.6) is 0 Å². The number of aliphatic hydroxyl groups excluding tert-OH is 1. The lowest BCUT2D eigenvalue weighted by atomic mass is 9.98. The monoisotopic (exact) mass is 1250 g/mol. The lowest BCUT2D eigenvalue weighted by Crippen LogP contribution is -2.60. The fraction of sp³-hybridized carbons (Fsp3) is 0.627. The molecule has 8 amide bonds. The molecule has 2 aromatic rings. The highest BCUT2D eigenvalue weighted by Crippen LogP contribution is 2.24. The Morgan fingerprint density at radius 2 is 1.09 bits per heavy atom. The highest BCUT2D eigenvalue weighted by molar-refractivity contribution is 7.99. The average molecular weight is 1250 g/mol. The number of fused-ring (bicyclic) bond motifs is 1. The largest absolute Gasteiger partial charge is 0.480 e. The number of aliphatic imine (C=N–C) groups is 2. The van der Waals surface area contributed by atoms with Crippen LogP contribution in [-0.4, -0.2) is 192 Å². The van der Waals surface area contributed by atoms with Crippen molar-refractivity contribution in [2.75, 3.05) is 56.7 Å². The molecule has 88 heavy (non-hydrogen) atoms. The van der Waals surface area contributed by atoms with Crippen LogP contribution in [0.3, 0.4) is 0 Å². The minimum absolute atomic E-state index is 0.0235. The molecule has 1 saturated heterocycles. The highest BCUT2D eigenvalue weighted by atomic mass is 32.2. The van der Waals surface area contributed by atoms with Crippen LogP contribution in [0.15, 0.2) is 46.4 Å². The summed E-state index contributed by atoms with van der Waals surface area (Å²) in [6, 6.07) is 0.294. The number of carboxylic acids is 1. The number of Topliss-reactive ketones (excluding diaryl/α,β-unsaturated/α-hetero) is 1. The summed E-state index contributed by atoms with van der Waals surface area (Å²) in [6.45, 7) is 11.7. The van der Waals surface area contributed by atoms with E-state index in [9.17, 15) is 58.2 Å². The van der Waals surface area contributed by atoms with Crippen molar-refractivity contribution >= 4 is 99.2 Å². The molecule has 0 aromatic heterocycles. The number of ketones is 1. The number of carboxylic acid groups (broad SMARTS) is 1. The Morgan fingerprint density at radius 3 is 1.59 bits per heavy atom. The Kier molecular flexibility index (Phi) is 31.4. The van der Waals surface area contributed by atoms with E-state index in [1.807, 2.05) is 71.0 Å². The van der Waals surface area contributed by atoms with Gasteiger partial charge in [-0.05, 0) is 111 Å². The molecule has 0 saturated carbocycles. The number of nitrogens with one attached hydrogen (secondary N) is 7. The number of hydrogen-bond acceptors (Lipinski definition) is 16. The number of anilines is 1. The summed E-state index contributed by atoms with van der Waals surface area (Å²) in [5.74, 6) is -7.69. The van der Waals surface area contributed by atoms with Crippen molar-refractivity contribution in [1.82, 2.24) is 42.1 Å². The van der Waals surface area contributed by atoms with Gasteiger partial charge in [0.1, 0.15) is 48.3 Å². The van der Waals surface area contributed by atoms with Gasteiger partial charge in [0, 0.05) is 62.9 Å². The molecule has 2 aromatic carbocycles. The third-order valence-electron chi connectivity index (χ3n) is 14.3. The standard InChI is InChI=1S/C59H96N16O12S/c1-32(2)25-43(70-49(78)40(60)31-88-24-20-48(77)38-17-16-37-29-39(74(8)9)19-18-36(37)28-38)51(80)71-44(26-33(3)4)52(81)72-45(27-34(5)6)53(82)73-46(30-76)54(83)67-35(7)56(85)75-23-12-15-47(75)55(84)68-41(13-10-21-65-58(61)62)50(79)69-42(57(86)87)14-11-22-66-59(63)64/h16-19,28-29,32-35,40-47,76H,10-15,20-27,30-31,60H2,1-9H3,(H,67,83)(H,68,84)(H,69,79)(H,70,78)(H,71,80)(H,72,81)(H,73,82)(H,86,87)(H4,61,62,65)(H4,63,64,66)/t35-,40-,41-,42-,43-,44-,45-,46-,47-/m0/s1. The SMILES string of the molecule is CC(C)C[C@H](NC(=O)[C@H](CC(C)C)NC(=O)[C@H](CC(C)C)NC(=O)[C@@H](N)CSCCC(=O)c1ccc2cc(N(C)C)ccc2c1)C(=O)N[C@@H](CO)C(=O)N[C@@H](C)C(=O)N1CCC[C@H]1C(=O)N[C@@H](CCCN=C(N)N)C(=O)N[C@@H](CCCN=C(N)N)C(=O)O. The molecular formula is C59H96N16O12S. The molecule has 3 rings (SSSR count). The zero-order chi connectivity index (χ0) is 65.9. The number of hydrogen-bond donors (Lipinski definition) is 14. The van der Waals surface area contributed by atoms with E-state index in [1.165, 1.54) is 23.6 Å². The smallest absolute Gasteiger partial charge is 0.326 e. The molecule has 0 radical (unpaired) electrons. The van der Waals surface area contributed by atoms with Gasteiger partial charge in [0.05, 0.1) is 12.6 Å². The van der Waals surface area contributed by atoms with Crippen molar-refractivity contribution in [2.24, 2.45) is 56.4 Å². The van der Waals surface area contributed by atoms with Gasteiger partial charge < -0.3 is 85.9 Å². The van der Waals surface area contributed by atoms with Gasteiger partial charge in [-0.1, -0.05) is 59.7 Å². The van der Waals surface area contributed by atoms with Crippen molar-refractivity contribution in [3.8, 4) is 0 Å². The molecule has 9 atom stereocenters. The average Bonchev–Trinajstić information content (AvgIpc) is 1.73. The van der Waals surface area contributed by atoms with Crippen molar-refractivity contribution in [2.45, 2.75) is 167 Å². The number of amides is 8. The Hall–Kier alpha value is -7.79. The second-order valence-electron chi connectivity index (χ2n) is 23.6. The first-order chi connectivity index (χ1) is 41.4. The van der Waals surface area contributed by atoms with Gasteiger partial charge >= 0.3 is 5.97 Å². The second kappa shape index (κ2) is 37.1. The maximum Gasteiger partial charge on any atom is 0.326 e. The number of rotatable bonds is 38. The van der Waals surface area contributed by atoms with Crippen LogP contribution in [0.25, 0.3) is 10.8 Å². The maximum atomic E-state index is 14.2. The number of nitrogens with zero attached hydrogens (tertiary/aromatic N) is 4. The summed E-state index contributed by atoms with van der Waals surface area (Å²) in [5.41, 5.74) is 29.5. The van der Waals surface area contributed by atoms with Crippen molar-refractivity contribution < 1.29 is 58.2 Å². The minimum Gasteiger partial charge on any atom is -0.480 e. The third-order valence-corrected chi connectivity index (χ3v) is 15.4. The van der Waals surface area contributed by atoms with Crippen molar-refractivity contribution in [3.05, 3.63) is 42.0 Å². The van der Waals surface area contributed by atoms with Crippen LogP contribution in [-0.2, 0) is 43.2 Å². The number of likely N-dealkylation sites (tertiary alicyclic amines) is 1. The lowest BCUT2D eigenvalue weighted by molar-refractivity contribution is -0.143. The summed E-state index contributed by atoms with van der Waals surface area (Å²) in [6.07, 6.45) is 1.47. The number of aliphatic hydroxyl groups is 1. The Morgan fingerprint density at radius 1 is 0.625 bits per heavy atom. The quantitative estimate of drug-likeness (QED) is 0.0170. The van der Waals surface area contributed by atoms with Gasteiger partial charge in [0.2, 0.25) is 47.3 Å². The first kappa shape index (κ1) is 74.5. The topological polar surface area (TPSA) is 457 Å². The van der Waals surface area contributed by atoms with Crippen LogP contribution in [0.1, 0.15) is 123 Å². The summed E-state index contributed by atoms with van der Waals surface area (Å²) in [5, 5.41) is 40.5. The number of nitrogens with two attached hydrogens (primary N) is 5. The van der Waals surface area contributed by atoms with Crippen molar-refractivity contribution in [3.63, 3.8) is 0 Å². The summed E-state index contributed by atoms with van der Waals surface area (Å²) in [4.78, 5) is 147. The molecule has 1 heterocycles. The van der Waals surface area contributed by atoms with E-state index in [0.29, 0.717) is 17.7 Å². The normalized spacial score (nSPS) is 15.8. The molecule has 0 unspecified atom stereocenters. The Bertz CT molecular complexity index is 2770. The molecule has 1 aliphatic rings. The molecule has 1 fully saturated rings. The number of guanidine groups is 2. The van der Waals surface area contributed by atoms with E-state index in [4.69, 9.17) is 28.7 Å². The van der Waals surface area contributed by atoms with E-state index in [2.05, 4.69) is 53.3 Å². The summed E-state index contributed by atoms with van der Waals surface area (Å²) in [7, 11) is 3.92. The first-order valence-electron chi connectivity index (χ1n) is 29.9. The fourth-order valence-corrected chi connectivity index (χ4v) is 10.6. The molecule has 0 spiro atoms. The van der Waals surface area contributed by atoms with Crippen LogP contribution in [0.4, 0.5) is 5.69 Å². The molecule has 28 nitrogen and oxygen atoms in total. The molecule has 490 valence electrons. The van der Waals surface area contributed by atoms with Gasteiger partial charge in [-0.3, -0.25) is 53.1 Å². The Labute approximate surface area is 519 Å². The van der Waals surface area contributed by atoms with Crippen LogP contribution in [0, 0.1) is 17.8 Å². The predicted octanol–water partition coefficient (Wildman–Crippen LogP) is -0.734. The molecule has 0 bridgehead atoms. The van der Waals surface area contributed by atoms with Gasteiger partial charge in [-0.15, -0.1) is 0 Å². The van der Waals surface area contributed by atoms with Crippen molar-refractivity contribution in [1.29, 1.82) is 0 Å². The number of carbonyl (C=O) groups is 10. The molecular weight excluding hydrogens is 1160 g/mol. The summed E-state index contributed by atoms with van der Waals surface area (Å²) < 4.78 is 0. The molecule has 1 aliphatic heterocycles. The maximum absolute atomic E-state index is 14.2. The fourth-order valence-electron chi connectivity index (χ4n) is 9.68. The van der Waals surface area contributed by atoms with E-state index in [1.54, 1.807) is 19.9 Å². The second-order valence-corrected chi connectivity index (χ2v) is 24.7. The van der Waals surface area contributed by atoms with E-state index >= 15 is 0 Å². The highest BCUT2D eigenvalue weighted by Gasteiger charge is 2.39. The zero-order valence-corrected chi connectivity index (χ0v) is 53.1. The van der Waals surface area contributed by atoms with E-state index in [0.717, 1.165) is 16.5 Å². The van der Waals surface area contributed by atoms with Crippen LogP contribution < -0.4 is 70.8 Å². The Balaban J connectivity index is 1.66. The van der Waals surface area contributed by atoms with E-state index in [-0.39, 0.29) is 119 Å². The molecule has 19 N–H and O–H groups in total. The van der Waals surface area contributed by atoms with Crippen LogP contribution >= 0.6 is 11.8 Å². The third kappa shape index (κ3) is 25.5. The number of carbonyl (C=O) groups excluding carboxylic acids is 9. The van der Waals surface area contributed by atoms with Gasteiger partial charge in [0.15, 0.2) is 17.7 Å². The lowest BCUT2D eigenvalue weighted by Gasteiger charge is -2.30. The first-order valence-corrected chi connectivity index (χ1v) is 31.0. The minimum atomic E-state index is -1.63. The number of benzene rings is 2. The summed E-state index contributed by atoms with van der Waals surface area (Å²) >= 11 is 1.33. The molecule has 0 aliphatic carbocycles. The van der Waals surface area contributed by atoms with Crippen LogP contribution in [0.2, 0.25) is 0 Å². The molecule has 29 heteroatoms. The number of aliphatic carboxylic acids is 1. The van der Waals surface area contributed by atoms with Gasteiger partial charge in [-0.25, -0.2) is 4.79 Å². The van der Waals surface area contributed by atoms with E-state index < -0.39 is 114 Å².